The van der Waals surface area contributed by atoms with Gasteiger partial charge in [0.1, 0.15) is 0 Å². The third-order valence-corrected chi connectivity index (χ3v) is 10.8. The van der Waals surface area contributed by atoms with Gasteiger partial charge in [-0.3, -0.25) is 0 Å². The van der Waals surface area contributed by atoms with Crippen molar-refractivity contribution in [3.8, 4) is 62.1 Å². The fraction of sp³-hybridized carbons (Fsp3) is 0.0816. The molecule has 0 fully saturated rings. The van der Waals surface area contributed by atoms with E-state index in [0.717, 1.165) is 6.07 Å². The number of fused-ring (bicyclic) bond motifs is 3. The van der Waals surface area contributed by atoms with Crippen LogP contribution in [0, 0.1) is 0 Å². The molecule has 2 aromatic heterocycles. The van der Waals surface area contributed by atoms with Gasteiger partial charge in [0.2, 0.25) is 0 Å². The van der Waals surface area contributed by atoms with E-state index in [1.54, 1.807) is 84.9 Å². The Bertz CT molecular complexity index is 3200. The number of aromatic nitrogens is 4. The van der Waals surface area contributed by atoms with E-state index < -0.39 is 58.1 Å². The SMILES string of the molecule is FC(F)(F)c1ccc(-c2ccc3c4ccccc4n(-c4ccc(-c5nc(-c6ccccc6)nc(-c6ccccc6)n5)c(-c5ccc(C(F)(F)F)cc5C(F)(F)F)c4)c3c2)c(C(F)(F)F)c1. The fourth-order valence-corrected chi connectivity index (χ4v) is 7.83. The Morgan fingerprint density at radius 1 is 0.323 bits per heavy atom. The van der Waals surface area contributed by atoms with E-state index in [1.165, 1.54) is 41.0 Å². The molecule has 0 amide bonds. The van der Waals surface area contributed by atoms with Gasteiger partial charge in [-0.2, -0.15) is 52.7 Å². The van der Waals surface area contributed by atoms with Gasteiger partial charge in [-0.1, -0.05) is 103 Å². The zero-order chi connectivity index (χ0) is 46.1. The van der Waals surface area contributed by atoms with Gasteiger partial charge in [0.15, 0.2) is 17.5 Å². The van der Waals surface area contributed by atoms with E-state index in [9.17, 15) is 39.5 Å². The monoisotopic (exact) mass is 898 g/mol. The number of rotatable bonds is 6. The van der Waals surface area contributed by atoms with Gasteiger partial charge in [0.25, 0.3) is 0 Å². The lowest BCUT2D eigenvalue weighted by atomic mass is 9.92. The molecule has 0 unspecified atom stereocenters. The van der Waals surface area contributed by atoms with Crippen LogP contribution in [0.25, 0.3) is 83.9 Å². The molecule has 2 heterocycles. The third-order valence-electron chi connectivity index (χ3n) is 10.8. The minimum Gasteiger partial charge on any atom is -0.309 e. The molecule has 65 heavy (non-hydrogen) atoms. The number of nitrogens with zero attached hydrogens (tertiary/aromatic N) is 4. The predicted octanol–water partition coefficient (Wildman–Crippen LogP) is 15.4. The molecule has 0 aliphatic rings. The first-order valence-corrected chi connectivity index (χ1v) is 19.4. The predicted molar refractivity (Wildman–Crippen MR) is 221 cm³/mol. The van der Waals surface area contributed by atoms with Crippen molar-refractivity contribution >= 4 is 21.8 Å². The highest BCUT2D eigenvalue weighted by atomic mass is 19.4. The zero-order valence-corrected chi connectivity index (χ0v) is 32.8. The minimum absolute atomic E-state index is 0.0129. The second-order valence-corrected chi connectivity index (χ2v) is 14.9. The van der Waals surface area contributed by atoms with Crippen molar-refractivity contribution in [3.05, 3.63) is 180 Å². The number of para-hydroxylation sites is 1. The van der Waals surface area contributed by atoms with E-state index in [0.29, 0.717) is 45.6 Å². The molecule has 0 bridgehead atoms. The number of hydrogen-bond donors (Lipinski definition) is 0. The molecule has 0 spiro atoms. The van der Waals surface area contributed by atoms with Crippen LogP contribution in [0.3, 0.4) is 0 Å². The second-order valence-electron chi connectivity index (χ2n) is 14.9. The summed E-state index contributed by atoms with van der Waals surface area (Å²) >= 11 is 0. The number of benzene rings is 7. The van der Waals surface area contributed by atoms with Gasteiger partial charge >= 0.3 is 24.7 Å². The fourth-order valence-electron chi connectivity index (χ4n) is 7.83. The van der Waals surface area contributed by atoms with E-state index in [2.05, 4.69) is 15.0 Å². The molecule has 16 heteroatoms. The van der Waals surface area contributed by atoms with Crippen molar-refractivity contribution in [2.24, 2.45) is 0 Å². The maximum absolute atomic E-state index is 15.1. The highest BCUT2D eigenvalue weighted by Crippen LogP contribution is 2.46. The first kappa shape index (κ1) is 42.8. The van der Waals surface area contributed by atoms with Crippen molar-refractivity contribution in [1.82, 2.24) is 19.5 Å². The van der Waals surface area contributed by atoms with Crippen LogP contribution < -0.4 is 0 Å². The summed E-state index contributed by atoms with van der Waals surface area (Å²) in [4.78, 5) is 14.0. The van der Waals surface area contributed by atoms with Crippen molar-refractivity contribution in [3.63, 3.8) is 0 Å². The summed E-state index contributed by atoms with van der Waals surface area (Å²) < 4.78 is 173. The minimum atomic E-state index is -5.33. The molecule has 7 aromatic carbocycles. The molecule has 326 valence electrons. The Kier molecular flexibility index (Phi) is 10.3. The van der Waals surface area contributed by atoms with Crippen LogP contribution in [0.5, 0.6) is 0 Å². The first-order valence-electron chi connectivity index (χ1n) is 19.4. The standard InChI is InChI=1S/C49H26F12N4/c50-46(51,52)30-16-20-33(39(24-30)48(56,57)58)29-15-19-36-35-13-7-8-14-41(35)65(42(36)23-29)32-18-22-37(38(26-32)34-21-17-31(47(53,54)55)25-40(34)49(59,60)61)45-63-43(27-9-3-1-4-10-27)62-44(64-45)28-11-5-2-6-12-28/h1-26H. The summed E-state index contributed by atoms with van der Waals surface area (Å²) in [5, 5.41) is 1.00. The molecule has 9 aromatic rings. The van der Waals surface area contributed by atoms with Gasteiger partial charge in [-0.05, 0) is 76.9 Å². The average molecular weight is 899 g/mol. The average Bonchev–Trinajstić information content (AvgIpc) is 3.61. The van der Waals surface area contributed by atoms with Crippen molar-refractivity contribution in [1.29, 1.82) is 0 Å². The maximum atomic E-state index is 15.1. The van der Waals surface area contributed by atoms with Crippen molar-refractivity contribution < 1.29 is 52.7 Å². The van der Waals surface area contributed by atoms with Crippen molar-refractivity contribution in [2.75, 3.05) is 0 Å². The molecule has 0 atom stereocenters. The lowest BCUT2D eigenvalue weighted by Crippen LogP contribution is -2.12. The van der Waals surface area contributed by atoms with Gasteiger partial charge in [-0.15, -0.1) is 0 Å². The third kappa shape index (κ3) is 8.15. The zero-order valence-electron chi connectivity index (χ0n) is 32.8. The number of halogens is 12. The number of alkyl halides is 12. The van der Waals surface area contributed by atoms with Gasteiger partial charge in [0, 0.05) is 33.2 Å². The quantitative estimate of drug-likeness (QED) is 0.156. The molecule has 4 nitrogen and oxygen atoms in total. The summed E-state index contributed by atoms with van der Waals surface area (Å²) in [7, 11) is 0. The number of hydrogen-bond acceptors (Lipinski definition) is 3. The Balaban J connectivity index is 1.34. The summed E-state index contributed by atoms with van der Waals surface area (Å²) in [6.45, 7) is 0. The normalized spacial score (nSPS) is 12.6. The Labute approximate surface area is 360 Å². The Morgan fingerprint density at radius 2 is 0.800 bits per heavy atom. The van der Waals surface area contributed by atoms with Crippen LogP contribution in [0.4, 0.5) is 52.7 Å². The van der Waals surface area contributed by atoms with Gasteiger partial charge < -0.3 is 4.57 Å². The second kappa shape index (κ2) is 15.6. The van der Waals surface area contributed by atoms with Crippen LogP contribution in [-0.2, 0) is 24.7 Å². The molecular formula is C49H26F12N4. The molecule has 0 N–H and O–H groups in total. The summed E-state index contributed by atoms with van der Waals surface area (Å²) in [5.41, 5.74) is -6.16. The topological polar surface area (TPSA) is 43.6 Å². The molecule has 0 saturated heterocycles. The van der Waals surface area contributed by atoms with Crippen LogP contribution in [0.2, 0.25) is 0 Å². The van der Waals surface area contributed by atoms with E-state index in [4.69, 9.17) is 0 Å². The van der Waals surface area contributed by atoms with Gasteiger partial charge in [-0.25, -0.2) is 15.0 Å². The summed E-state index contributed by atoms with van der Waals surface area (Å²) in [6, 6.07) is 34.7. The molecule has 9 rings (SSSR count). The Hall–Kier alpha value is -7.49. The smallest absolute Gasteiger partial charge is 0.309 e. The molecule has 0 aliphatic heterocycles. The van der Waals surface area contributed by atoms with E-state index in [1.807, 2.05) is 0 Å². The lowest BCUT2D eigenvalue weighted by Gasteiger charge is -2.20. The summed E-state index contributed by atoms with van der Waals surface area (Å²) in [6.07, 6.45) is -20.8. The molecule has 0 aliphatic carbocycles. The summed E-state index contributed by atoms with van der Waals surface area (Å²) in [5.74, 6) is 0.118. The lowest BCUT2D eigenvalue weighted by molar-refractivity contribution is -0.144. The Morgan fingerprint density at radius 3 is 1.35 bits per heavy atom. The maximum Gasteiger partial charge on any atom is 0.417 e. The highest BCUT2D eigenvalue weighted by molar-refractivity contribution is 6.10. The van der Waals surface area contributed by atoms with E-state index >= 15 is 13.2 Å². The van der Waals surface area contributed by atoms with Crippen LogP contribution in [0.15, 0.2) is 158 Å². The highest BCUT2D eigenvalue weighted by Gasteiger charge is 2.40. The van der Waals surface area contributed by atoms with Crippen molar-refractivity contribution in [2.45, 2.75) is 24.7 Å². The van der Waals surface area contributed by atoms with Gasteiger partial charge in [0.05, 0.1) is 33.3 Å². The van der Waals surface area contributed by atoms with Crippen LogP contribution in [0.1, 0.15) is 22.3 Å². The van der Waals surface area contributed by atoms with Crippen LogP contribution >= 0.6 is 0 Å². The molecule has 0 radical (unpaired) electrons. The largest absolute Gasteiger partial charge is 0.417 e. The van der Waals surface area contributed by atoms with E-state index in [-0.39, 0.29) is 57.5 Å². The molecule has 0 saturated carbocycles. The van der Waals surface area contributed by atoms with Crippen LogP contribution in [-0.4, -0.2) is 19.5 Å². The first-order chi connectivity index (χ1) is 30.8. The molecular weight excluding hydrogens is 873 g/mol.